The lowest BCUT2D eigenvalue weighted by atomic mass is 10.1. The second kappa shape index (κ2) is 6.24. The van der Waals surface area contributed by atoms with Crippen LogP contribution in [0, 0.1) is 0 Å². The van der Waals surface area contributed by atoms with Crippen molar-refractivity contribution in [3.8, 4) is 11.5 Å². The fraction of sp³-hybridized carbons (Fsp3) is 0. The second-order valence-electron chi connectivity index (χ2n) is 5.93. The molecule has 0 saturated heterocycles. The van der Waals surface area contributed by atoms with Crippen LogP contribution in [0.25, 0.3) is 28.0 Å². The van der Waals surface area contributed by atoms with Gasteiger partial charge in [0.1, 0.15) is 11.5 Å². The number of phenolic OH excluding ortho intramolecular Hbond substituents is 2. The third kappa shape index (κ3) is 2.70. The van der Waals surface area contributed by atoms with Crippen LogP contribution >= 0.6 is 11.6 Å². The molecule has 2 N–H and O–H groups in total. The molecule has 0 fully saturated rings. The zero-order valence-corrected chi connectivity index (χ0v) is 14.3. The van der Waals surface area contributed by atoms with Gasteiger partial charge in [0.05, 0.1) is 16.1 Å². The summed E-state index contributed by atoms with van der Waals surface area (Å²) in [4.78, 5) is 12.5. The van der Waals surface area contributed by atoms with Gasteiger partial charge in [0.2, 0.25) is 0 Å². The molecule has 0 aliphatic heterocycles. The van der Waals surface area contributed by atoms with Gasteiger partial charge in [-0.15, -0.1) is 0 Å². The van der Waals surface area contributed by atoms with E-state index in [4.69, 9.17) is 11.6 Å². The van der Waals surface area contributed by atoms with Crippen LogP contribution in [0.2, 0.25) is 5.02 Å². The minimum atomic E-state index is -0.205. The molecule has 0 spiro atoms. The Morgan fingerprint density at radius 3 is 2.04 bits per heavy atom. The molecule has 5 heteroatoms. The topological polar surface area (TPSA) is 62.5 Å². The number of hydrogen-bond donors (Lipinski definition) is 2. The minimum absolute atomic E-state index is 0.135. The molecule has 0 amide bonds. The summed E-state index contributed by atoms with van der Waals surface area (Å²) in [7, 11) is 0. The van der Waals surface area contributed by atoms with Gasteiger partial charge in [-0.1, -0.05) is 23.7 Å². The highest BCUT2D eigenvalue weighted by Gasteiger charge is 2.12. The molecule has 128 valence electrons. The van der Waals surface area contributed by atoms with Crippen molar-refractivity contribution in [3.63, 3.8) is 0 Å². The Balaban J connectivity index is 1.88. The summed E-state index contributed by atoms with van der Waals surface area (Å²) in [6.07, 6.45) is 3.13. The minimum Gasteiger partial charge on any atom is -0.508 e. The summed E-state index contributed by atoms with van der Waals surface area (Å²) >= 11 is 6.09. The molecule has 4 rings (SSSR count). The predicted octanol–water partition coefficient (Wildman–Crippen LogP) is 5.21. The zero-order valence-electron chi connectivity index (χ0n) is 13.6. The first-order chi connectivity index (χ1) is 12.5. The van der Waals surface area contributed by atoms with Crippen LogP contribution in [0.1, 0.15) is 10.4 Å². The molecule has 26 heavy (non-hydrogen) atoms. The third-order valence-corrected chi connectivity index (χ3v) is 4.61. The Kier molecular flexibility index (Phi) is 3.90. The molecular weight excluding hydrogens is 350 g/mol. The van der Waals surface area contributed by atoms with Crippen LogP contribution in [0.4, 0.5) is 0 Å². The van der Waals surface area contributed by atoms with Crippen molar-refractivity contribution >= 4 is 45.4 Å². The highest BCUT2D eigenvalue weighted by molar-refractivity contribution is 6.34. The van der Waals surface area contributed by atoms with E-state index in [-0.39, 0.29) is 17.3 Å². The maximum atomic E-state index is 12.5. The largest absolute Gasteiger partial charge is 0.508 e. The Labute approximate surface area is 154 Å². The number of ketones is 1. The zero-order chi connectivity index (χ0) is 18.3. The van der Waals surface area contributed by atoms with E-state index in [1.54, 1.807) is 66.9 Å². The van der Waals surface area contributed by atoms with Crippen LogP contribution in [0.15, 0.2) is 66.7 Å². The Bertz CT molecular complexity index is 1130. The van der Waals surface area contributed by atoms with Crippen molar-refractivity contribution in [2.45, 2.75) is 0 Å². The first kappa shape index (κ1) is 16.2. The number of nitrogens with zero attached hydrogens (tertiary/aromatic N) is 1. The number of phenols is 2. The average Bonchev–Trinajstić information content (AvgIpc) is 2.92. The van der Waals surface area contributed by atoms with Gasteiger partial charge in [-0.3, -0.25) is 4.79 Å². The van der Waals surface area contributed by atoms with Gasteiger partial charge < -0.3 is 14.8 Å². The predicted molar refractivity (Wildman–Crippen MR) is 104 cm³/mol. The lowest BCUT2D eigenvalue weighted by Gasteiger charge is -2.02. The number of aromatic hydroxyl groups is 2. The summed E-state index contributed by atoms with van der Waals surface area (Å²) in [5.74, 6) is 0.0650. The number of aromatic nitrogens is 1. The highest BCUT2D eigenvalue weighted by atomic mass is 35.5. The molecule has 0 bridgehead atoms. The Hall–Kier alpha value is -3.24. The SMILES string of the molecule is O=C(C=Cn1c2ccc(O)cc2c2cc(O)ccc21)c1ccccc1Cl. The summed E-state index contributed by atoms with van der Waals surface area (Å²) < 4.78 is 1.85. The number of hydrogen-bond acceptors (Lipinski definition) is 3. The van der Waals surface area contributed by atoms with Gasteiger partial charge in [-0.25, -0.2) is 0 Å². The number of fused-ring (bicyclic) bond motifs is 3. The molecule has 1 heterocycles. The summed E-state index contributed by atoms with van der Waals surface area (Å²) in [5.41, 5.74) is 2.06. The normalized spacial score (nSPS) is 11.6. The van der Waals surface area contributed by atoms with Gasteiger partial charge in [0, 0.05) is 28.6 Å². The molecule has 4 nitrogen and oxygen atoms in total. The molecule has 4 aromatic rings. The second-order valence-corrected chi connectivity index (χ2v) is 6.34. The molecular formula is C21H14ClNO3. The van der Waals surface area contributed by atoms with Crippen molar-refractivity contribution in [2.75, 3.05) is 0 Å². The maximum Gasteiger partial charge on any atom is 0.188 e. The quantitative estimate of drug-likeness (QED) is 0.388. The lowest BCUT2D eigenvalue weighted by Crippen LogP contribution is -1.96. The average molecular weight is 364 g/mol. The molecule has 0 aliphatic carbocycles. The van der Waals surface area contributed by atoms with Crippen LogP contribution in [-0.4, -0.2) is 20.6 Å². The van der Waals surface area contributed by atoms with Crippen LogP contribution < -0.4 is 0 Å². The molecule has 0 radical (unpaired) electrons. The summed E-state index contributed by atoms with van der Waals surface area (Å²) in [5, 5.41) is 21.6. The van der Waals surface area contributed by atoms with Crippen molar-refractivity contribution in [1.29, 1.82) is 0 Å². The fourth-order valence-corrected chi connectivity index (χ4v) is 3.31. The van der Waals surface area contributed by atoms with E-state index in [0.29, 0.717) is 10.6 Å². The van der Waals surface area contributed by atoms with Gasteiger partial charge >= 0.3 is 0 Å². The Morgan fingerprint density at radius 2 is 1.46 bits per heavy atom. The van der Waals surface area contributed by atoms with Gasteiger partial charge in [0.25, 0.3) is 0 Å². The number of carbonyl (C=O) groups excluding carboxylic acids is 1. The van der Waals surface area contributed by atoms with Crippen molar-refractivity contribution in [3.05, 3.63) is 77.3 Å². The first-order valence-electron chi connectivity index (χ1n) is 7.97. The molecule has 3 aromatic carbocycles. The molecule has 0 saturated carbocycles. The monoisotopic (exact) mass is 363 g/mol. The van der Waals surface area contributed by atoms with E-state index in [9.17, 15) is 15.0 Å². The molecule has 0 unspecified atom stereocenters. The van der Waals surface area contributed by atoms with Crippen LogP contribution in [0.3, 0.4) is 0 Å². The number of benzene rings is 3. The van der Waals surface area contributed by atoms with E-state index in [1.807, 2.05) is 4.57 Å². The smallest absolute Gasteiger partial charge is 0.188 e. The lowest BCUT2D eigenvalue weighted by molar-refractivity contribution is 0.104. The summed E-state index contributed by atoms with van der Waals surface area (Å²) in [6.45, 7) is 0. The fourth-order valence-electron chi connectivity index (χ4n) is 3.08. The van der Waals surface area contributed by atoms with Crippen LogP contribution in [0.5, 0.6) is 11.5 Å². The van der Waals surface area contributed by atoms with Crippen molar-refractivity contribution in [2.24, 2.45) is 0 Å². The standard InChI is InChI=1S/C21H14ClNO3/c22-18-4-2-1-3-15(18)21(26)9-10-23-19-7-5-13(24)11-16(19)17-12-14(25)6-8-20(17)23/h1-12,24-25H. The number of rotatable bonds is 3. The number of halogens is 1. The van der Waals surface area contributed by atoms with Gasteiger partial charge in [-0.2, -0.15) is 0 Å². The number of carbonyl (C=O) groups is 1. The first-order valence-corrected chi connectivity index (χ1v) is 8.35. The third-order valence-electron chi connectivity index (χ3n) is 4.28. The van der Waals surface area contributed by atoms with Gasteiger partial charge in [-0.05, 0) is 48.5 Å². The molecule has 1 aromatic heterocycles. The van der Waals surface area contributed by atoms with E-state index >= 15 is 0 Å². The van der Waals surface area contributed by atoms with E-state index in [2.05, 4.69) is 0 Å². The summed E-state index contributed by atoms with van der Waals surface area (Å²) in [6, 6.07) is 16.9. The van der Waals surface area contributed by atoms with Crippen molar-refractivity contribution in [1.82, 2.24) is 4.57 Å². The Morgan fingerprint density at radius 1 is 0.885 bits per heavy atom. The van der Waals surface area contributed by atoms with E-state index in [0.717, 1.165) is 21.8 Å². The molecule has 0 atom stereocenters. The van der Waals surface area contributed by atoms with Gasteiger partial charge in [0.15, 0.2) is 5.78 Å². The molecule has 0 aliphatic rings. The van der Waals surface area contributed by atoms with E-state index < -0.39 is 0 Å². The maximum absolute atomic E-state index is 12.5. The number of allylic oxidation sites excluding steroid dienone is 1. The highest BCUT2D eigenvalue weighted by Crippen LogP contribution is 2.33. The van der Waals surface area contributed by atoms with Crippen molar-refractivity contribution < 1.29 is 15.0 Å². The van der Waals surface area contributed by atoms with E-state index in [1.165, 1.54) is 6.08 Å². The van der Waals surface area contributed by atoms with Crippen LogP contribution in [-0.2, 0) is 0 Å².